The van der Waals surface area contributed by atoms with Gasteiger partial charge in [0.1, 0.15) is 5.75 Å². The van der Waals surface area contributed by atoms with Crippen LogP contribution in [0.5, 0.6) is 5.75 Å². The van der Waals surface area contributed by atoms with Gasteiger partial charge in [-0.3, -0.25) is 4.79 Å². The van der Waals surface area contributed by atoms with Crippen LogP contribution < -0.4 is 15.9 Å². The SMILES string of the molecule is C/C(=N/NC(=O)c1ccc(N)cc1)c1cccc(OC(F)F)c1. The zero-order valence-corrected chi connectivity index (χ0v) is 12.3. The molecule has 0 spiro atoms. The Kier molecular flexibility index (Phi) is 5.24. The van der Waals surface area contributed by atoms with Crippen molar-refractivity contribution < 1.29 is 18.3 Å². The van der Waals surface area contributed by atoms with Crippen molar-refractivity contribution >= 4 is 17.3 Å². The minimum Gasteiger partial charge on any atom is -0.435 e. The number of nitrogens with zero attached hydrogens (tertiary/aromatic N) is 1. The van der Waals surface area contributed by atoms with E-state index in [1.807, 2.05) is 0 Å². The average Bonchev–Trinajstić information content (AvgIpc) is 2.52. The van der Waals surface area contributed by atoms with Crippen LogP contribution in [0.1, 0.15) is 22.8 Å². The van der Waals surface area contributed by atoms with Crippen molar-refractivity contribution in [2.75, 3.05) is 5.73 Å². The summed E-state index contributed by atoms with van der Waals surface area (Å²) in [6.07, 6.45) is 0. The summed E-state index contributed by atoms with van der Waals surface area (Å²) in [6, 6.07) is 12.4. The van der Waals surface area contributed by atoms with Gasteiger partial charge >= 0.3 is 6.61 Å². The molecule has 2 rings (SSSR count). The summed E-state index contributed by atoms with van der Waals surface area (Å²) in [5, 5.41) is 3.96. The van der Waals surface area contributed by atoms with Crippen LogP contribution in [0.15, 0.2) is 53.6 Å². The summed E-state index contributed by atoms with van der Waals surface area (Å²) in [5.41, 5.74) is 9.91. The molecule has 23 heavy (non-hydrogen) atoms. The van der Waals surface area contributed by atoms with Gasteiger partial charge < -0.3 is 10.5 Å². The number of hydrogen-bond donors (Lipinski definition) is 2. The number of rotatable bonds is 5. The molecule has 0 radical (unpaired) electrons. The maximum atomic E-state index is 12.2. The molecule has 0 saturated heterocycles. The summed E-state index contributed by atoms with van der Waals surface area (Å²) >= 11 is 0. The number of hydrazone groups is 1. The number of benzene rings is 2. The molecule has 5 nitrogen and oxygen atoms in total. The average molecular weight is 319 g/mol. The highest BCUT2D eigenvalue weighted by Gasteiger charge is 2.07. The second-order valence-corrected chi connectivity index (χ2v) is 4.67. The van der Waals surface area contributed by atoms with E-state index in [9.17, 15) is 13.6 Å². The van der Waals surface area contributed by atoms with Crippen LogP contribution in [0.3, 0.4) is 0 Å². The van der Waals surface area contributed by atoms with E-state index in [1.54, 1.807) is 43.3 Å². The highest BCUT2D eigenvalue weighted by molar-refractivity contribution is 6.01. The van der Waals surface area contributed by atoms with Crippen LogP contribution >= 0.6 is 0 Å². The lowest BCUT2D eigenvalue weighted by atomic mass is 10.1. The molecule has 2 aromatic rings. The largest absolute Gasteiger partial charge is 0.435 e. The molecule has 3 N–H and O–H groups in total. The van der Waals surface area contributed by atoms with E-state index >= 15 is 0 Å². The summed E-state index contributed by atoms with van der Waals surface area (Å²) < 4.78 is 28.7. The minimum absolute atomic E-state index is 0.0249. The van der Waals surface area contributed by atoms with E-state index in [0.717, 1.165) is 0 Å². The van der Waals surface area contributed by atoms with Crippen molar-refractivity contribution in [3.05, 3.63) is 59.7 Å². The van der Waals surface area contributed by atoms with Crippen LogP contribution in [-0.4, -0.2) is 18.2 Å². The van der Waals surface area contributed by atoms with Gasteiger partial charge in [0.25, 0.3) is 5.91 Å². The van der Waals surface area contributed by atoms with E-state index in [4.69, 9.17) is 5.73 Å². The number of carbonyl (C=O) groups excluding carboxylic acids is 1. The first-order chi connectivity index (χ1) is 11.0. The van der Waals surface area contributed by atoms with Gasteiger partial charge in [-0.2, -0.15) is 13.9 Å². The molecule has 0 heterocycles. The number of alkyl halides is 2. The monoisotopic (exact) mass is 319 g/mol. The highest BCUT2D eigenvalue weighted by atomic mass is 19.3. The van der Waals surface area contributed by atoms with Gasteiger partial charge in [0.05, 0.1) is 5.71 Å². The van der Waals surface area contributed by atoms with Crippen molar-refractivity contribution in [1.29, 1.82) is 0 Å². The molecule has 0 aromatic heterocycles. The van der Waals surface area contributed by atoms with Crippen LogP contribution in [0.4, 0.5) is 14.5 Å². The third-order valence-corrected chi connectivity index (χ3v) is 2.98. The normalized spacial score (nSPS) is 11.4. The molecule has 1 amide bonds. The predicted molar refractivity (Wildman–Crippen MR) is 83.6 cm³/mol. The van der Waals surface area contributed by atoms with E-state index in [0.29, 0.717) is 22.5 Å². The first kappa shape index (κ1) is 16.4. The van der Waals surface area contributed by atoms with E-state index in [1.165, 1.54) is 12.1 Å². The van der Waals surface area contributed by atoms with Crippen LogP contribution in [-0.2, 0) is 0 Å². The maximum Gasteiger partial charge on any atom is 0.387 e. The standard InChI is InChI=1S/C16H15F2N3O2/c1-10(12-3-2-4-14(9-12)23-16(17)18)20-21-15(22)11-5-7-13(19)8-6-11/h2-9,16H,19H2,1H3,(H,21,22)/b20-10-. The second kappa shape index (κ2) is 7.35. The first-order valence-corrected chi connectivity index (χ1v) is 6.71. The number of carbonyl (C=O) groups is 1. The fourth-order valence-electron chi connectivity index (χ4n) is 1.80. The molecule has 0 fully saturated rings. The molecule has 7 heteroatoms. The lowest BCUT2D eigenvalue weighted by Gasteiger charge is -2.07. The Balaban J connectivity index is 2.07. The topological polar surface area (TPSA) is 76.7 Å². The highest BCUT2D eigenvalue weighted by Crippen LogP contribution is 2.16. The Morgan fingerprint density at radius 1 is 1.17 bits per heavy atom. The van der Waals surface area contributed by atoms with Crippen LogP contribution in [0, 0.1) is 0 Å². The molecule has 0 aliphatic carbocycles. The van der Waals surface area contributed by atoms with Gasteiger partial charge in [-0.15, -0.1) is 0 Å². The van der Waals surface area contributed by atoms with Crippen molar-refractivity contribution in [2.45, 2.75) is 13.5 Å². The second-order valence-electron chi connectivity index (χ2n) is 4.67. The fraction of sp³-hybridized carbons (Fsp3) is 0.125. The van der Waals surface area contributed by atoms with Crippen molar-refractivity contribution in [3.63, 3.8) is 0 Å². The Hall–Kier alpha value is -2.96. The summed E-state index contributed by atoms with van der Waals surface area (Å²) in [7, 11) is 0. The van der Waals surface area contributed by atoms with E-state index in [2.05, 4.69) is 15.3 Å². The van der Waals surface area contributed by atoms with E-state index in [-0.39, 0.29) is 5.75 Å². The lowest BCUT2D eigenvalue weighted by molar-refractivity contribution is -0.0498. The number of ether oxygens (including phenoxy) is 1. The minimum atomic E-state index is -2.90. The molecule has 120 valence electrons. The number of anilines is 1. The number of hydrogen-bond acceptors (Lipinski definition) is 4. The molecular weight excluding hydrogens is 304 g/mol. The first-order valence-electron chi connectivity index (χ1n) is 6.71. The number of nitrogens with two attached hydrogens (primary N) is 1. The number of amides is 1. The van der Waals surface area contributed by atoms with Gasteiger partial charge in [0.15, 0.2) is 0 Å². The molecule has 0 aliphatic heterocycles. The Morgan fingerprint density at radius 3 is 2.52 bits per heavy atom. The Bertz CT molecular complexity index is 716. The molecule has 2 aromatic carbocycles. The third-order valence-electron chi connectivity index (χ3n) is 2.98. The molecular formula is C16H15F2N3O2. The zero-order chi connectivity index (χ0) is 16.8. The molecule has 0 atom stereocenters. The van der Waals surface area contributed by atoms with Crippen LogP contribution in [0.2, 0.25) is 0 Å². The summed E-state index contributed by atoms with van der Waals surface area (Å²) in [6.45, 7) is -1.25. The van der Waals surface area contributed by atoms with E-state index < -0.39 is 12.5 Å². The van der Waals surface area contributed by atoms with Crippen molar-refractivity contribution in [3.8, 4) is 5.75 Å². The number of halogens is 2. The lowest BCUT2D eigenvalue weighted by Crippen LogP contribution is -2.19. The number of nitrogen functional groups attached to an aromatic ring is 1. The van der Waals surface area contributed by atoms with Gasteiger partial charge in [-0.25, -0.2) is 5.43 Å². The molecule has 0 aliphatic rings. The summed E-state index contributed by atoms with van der Waals surface area (Å²) in [5.74, 6) is -0.374. The predicted octanol–water partition coefficient (Wildman–Crippen LogP) is 3.02. The molecule has 0 bridgehead atoms. The smallest absolute Gasteiger partial charge is 0.387 e. The number of nitrogens with one attached hydrogen (secondary N) is 1. The quantitative estimate of drug-likeness (QED) is 0.505. The molecule has 0 unspecified atom stereocenters. The van der Waals surface area contributed by atoms with Gasteiger partial charge in [0.2, 0.25) is 0 Å². The molecule has 0 saturated carbocycles. The van der Waals surface area contributed by atoms with Gasteiger partial charge in [0, 0.05) is 16.8 Å². The van der Waals surface area contributed by atoms with Crippen molar-refractivity contribution in [2.24, 2.45) is 5.10 Å². The zero-order valence-electron chi connectivity index (χ0n) is 12.3. The van der Waals surface area contributed by atoms with Crippen molar-refractivity contribution in [1.82, 2.24) is 5.43 Å². The van der Waals surface area contributed by atoms with Gasteiger partial charge in [-0.1, -0.05) is 12.1 Å². The van der Waals surface area contributed by atoms with Crippen LogP contribution in [0.25, 0.3) is 0 Å². The summed E-state index contributed by atoms with van der Waals surface area (Å²) in [4.78, 5) is 11.9. The third kappa shape index (κ3) is 4.77. The Morgan fingerprint density at radius 2 is 1.87 bits per heavy atom. The Labute approximate surface area is 131 Å². The van der Waals surface area contributed by atoms with Gasteiger partial charge in [-0.05, 0) is 43.3 Å². The fourth-order valence-corrected chi connectivity index (χ4v) is 1.80. The maximum absolute atomic E-state index is 12.2.